The van der Waals surface area contributed by atoms with E-state index in [2.05, 4.69) is 10.3 Å². The highest BCUT2D eigenvalue weighted by Gasteiger charge is 2.42. The van der Waals surface area contributed by atoms with Crippen LogP contribution in [-0.4, -0.2) is 46.9 Å². The number of ether oxygens (including phenoxy) is 1. The lowest BCUT2D eigenvalue weighted by Gasteiger charge is -2.37. The Labute approximate surface area is 207 Å². The number of nitrogens with zero attached hydrogens (tertiary/aromatic N) is 2. The van der Waals surface area contributed by atoms with Crippen LogP contribution in [0.3, 0.4) is 0 Å². The monoisotopic (exact) mass is 480 g/mol. The molecule has 8 heteroatoms. The van der Waals surface area contributed by atoms with E-state index in [4.69, 9.17) is 4.74 Å². The average Bonchev–Trinajstić information content (AvgIpc) is 3.44. The maximum absolute atomic E-state index is 13.7. The highest BCUT2D eigenvalue weighted by atomic mass is 16.5. The molecule has 2 aliphatic heterocycles. The Bertz CT molecular complexity index is 1460. The van der Waals surface area contributed by atoms with E-state index < -0.39 is 18.0 Å². The standard InChI is InChI=1S/C28H24N4O4/c33-26(32-23-12-6-7-13-25(23)36-17-24(32)18-8-2-1-3-9-18)16-31-27(34)22(30-28(31)35)14-19-15-29-21-11-5-4-10-20(19)21/h1-13,15,22,24,29H,14,16-17H2,(H,30,35)/t22-,24-/m1/s1. The molecule has 0 bridgehead atoms. The molecule has 0 saturated carbocycles. The summed E-state index contributed by atoms with van der Waals surface area (Å²) in [6.45, 7) is -0.0805. The minimum absolute atomic E-state index is 0.274. The minimum atomic E-state index is -0.730. The lowest BCUT2D eigenvalue weighted by atomic mass is 10.0. The number of para-hydroxylation sites is 3. The molecule has 2 atom stereocenters. The van der Waals surface area contributed by atoms with Gasteiger partial charge in [-0.25, -0.2) is 4.79 Å². The number of hydrogen-bond donors (Lipinski definition) is 2. The number of anilines is 1. The van der Waals surface area contributed by atoms with Crippen molar-refractivity contribution < 1.29 is 19.1 Å². The van der Waals surface area contributed by atoms with Gasteiger partial charge in [0.25, 0.3) is 5.91 Å². The fraction of sp³-hybridized carbons (Fsp3) is 0.179. The summed E-state index contributed by atoms with van der Waals surface area (Å²) in [4.78, 5) is 45.6. The zero-order valence-corrected chi connectivity index (χ0v) is 19.4. The molecular formula is C28H24N4O4. The van der Waals surface area contributed by atoms with E-state index >= 15 is 0 Å². The van der Waals surface area contributed by atoms with Crippen molar-refractivity contribution in [3.05, 3.63) is 96.2 Å². The summed E-state index contributed by atoms with van der Waals surface area (Å²) < 4.78 is 5.94. The second-order valence-corrected chi connectivity index (χ2v) is 8.96. The van der Waals surface area contributed by atoms with Crippen LogP contribution < -0.4 is 15.0 Å². The van der Waals surface area contributed by atoms with Gasteiger partial charge in [0.2, 0.25) is 5.91 Å². The van der Waals surface area contributed by atoms with Crippen molar-refractivity contribution >= 4 is 34.4 Å². The third-order valence-electron chi connectivity index (χ3n) is 6.79. The van der Waals surface area contributed by atoms with Gasteiger partial charge >= 0.3 is 6.03 Å². The average molecular weight is 481 g/mol. The second-order valence-electron chi connectivity index (χ2n) is 8.96. The summed E-state index contributed by atoms with van der Waals surface area (Å²) in [5, 5.41) is 3.76. The number of benzene rings is 3. The summed E-state index contributed by atoms with van der Waals surface area (Å²) in [7, 11) is 0. The lowest BCUT2D eigenvalue weighted by molar-refractivity contribution is -0.131. The SMILES string of the molecule is O=C1N[C@H](Cc2c[nH]c3ccccc23)C(=O)N1CC(=O)N1c2ccccc2OC[C@@H]1c1ccccc1. The van der Waals surface area contributed by atoms with Gasteiger partial charge < -0.3 is 15.0 Å². The van der Waals surface area contributed by atoms with Crippen LogP contribution in [0.25, 0.3) is 10.9 Å². The number of carbonyl (C=O) groups excluding carboxylic acids is 3. The number of aromatic nitrogens is 1. The first-order valence-corrected chi connectivity index (χ1v) is 11.9. The number of aromatic amines is 1. The molecule has 1 aromatic heterocycles. The summed E-state index contributed by atoms with van der Waals surface area (Å²) in [5.41, 5.74) is 3.43. The van der Waals surface area contributed by atoms with Crippen LogP contribution in [0.15, 0.2) is 85.1 Å². The molecule has 0 unspecified atom stereocenters. The first-order chi connectivity index (χ1) is 17.6. The maximum atomic E-state index is 13.7. The normalized spacial score (nSPS) is 19.2. The molecule has 3 heterocycles. The van der Waals surface area contributed by atoms with E-state index in [9.17, 15) is 14.4 Å². The van der Waals surface area contributed by atoms with Gasteiger partial charge in [-0.3, -0.25) is 19.4 Å². The van der Waals surface area contributed by atoms with E-state index in [0.29, 0.717) is 17.9 Å². The molecule has 4 amide bonds. The topological polar surface area (TPSA) is 94.7 Å². The van der Waals surface area contributed by atoms with Crippen LogP contribution in [0.1, 0.15) is 17.2 Å². The summed E-state index contributed by atoms with van der Waals surface area (Å²) in [5.74, 6) is -0.167. The number of imide groups is 1. The molecule has 6 rings (SSSR count). The fourth-order valence-electron chi connectivity index (χ4n) is 5.01. The highest BCUT2D eigenvalue weighted by molar-refractivity contribution is 6.09. The Balaban J connectivity index is 1.25. The van der Waals surface area contributed by atoms with Crippen molar-refractivity contribution in [2.45, 2.75) is 18.5 Å². The molecule has 0 spiro atoms. The van der Waals surface area contributed by atoms with Crippen LogP contribution >= 0.6 is 0 Å². The predicted molar refractivity (Wildman–Crippen MR) is 135 cm³/mol. The zero-order valence-electron chi connectivity index (χ0n) is 19.4. The molecule has 1 fully saturated rings. The molecule has 2 N–H and O–H groups in total. The number of urea groups is 1. The van der Waals surface area contributed by atoms with Gasteiger partial charge in [-0.1, -0.05) is 60.7 Å². The van der Waals surface area contributed by atoms with Crippen LogP contribution in [-0.2, 0) is 16.0 Å². The van der Waals surface area contributed by atoms with Crippen molar-refractivity contribution in [2.24, 2.45) is 0 Å². The molecule has 3 aromatic carbocycles. The summed E-state index contributed by atoms with van der Waals surface area (Å²) in [6.07, 6.45) is 2.19. The minimum Gasteiger partial charge on any atom is -0.489 e. The number of rotatable bonds is 5. The predicted octanol–water partition coefficient (Wildman–Crippen LogP) is 3.80. The van der Waals surface area contributed by atoms with E-state index in [-0.39, 0.29) is 25.1 Å². The van der Waals surface area contributed by atoms with Crippen LogP contribution in [0.5, 0.6) is 5.75 Å². The van der Waals surface area contributed by atoms with Crippen LogP contribution in [0, 0.1) is 0 Å². The third kappa shape index (κ3) is 3.76. The molecule has 2 aliphatic rings. The lowest BCUT2D eigenvalue weighted by Crippen LogP contribution is -2.47. The Morgan fingerprint density at radius 1 is 0.944 bits per heavy atom. The molecule has 4 aromatic rings. The van der Waals surface area contributed by atoms with Gasteiger partial charge in [0, 0.05) is 23.5 Å². The maximum Gasteiger partial charge on any atom is 0.325 e. The number of carbonyl (C=O) groups is 3. The quantitative estimate of drug-likeness (QED) is 0.425. The molecule has 0 radical (unpaired) electrons. The van der Waals surface area contributed by atoms with Gasteiger partial charge in [-0.05, 0) is 29.3 Å². The Hall–Kier alpha value is -4.59. The first-order valence-electron chi connectivity index (χ1n) is 11.9. The van der Waals surface area contributed by atoms with Gasteiger partial charge in [0.15, 0.2) is 0 Å². The molecule has 1 saturated heterocycles. The third-order valence-corrected chi connectivity index (χ3v) is 6.79. The number of nitrogens with one attached hydrogen (secondary N) is 2. The van der Waals surface area contributed by atoms with Gasteiger partial charge in [0.05, 0.1) is 11.7 Å². The largest absolute Gasteiger partial charge is 0.489 e. The van der Waals surface area contributed by atoms with Crippen molar-refractivity contribution in [3.63, 3.8) is 0 Å². The Kier molecular flexibility index (Phi) is 5.41. The van der Waals surface area contributed by atoms with E-state index in [1.165, 1.54) is 0 Å². The molecule has 0 aliphatic carbocycles. The molecule has 8 nitrogen and oxygen atoms in total. The number of amides is 4. The van der Waals surface area contributed by atoms with Gasteiger partial charge in [0.1, 0.15) is 24.9 Å². The second kappa shape index (κ2) is 8.88. The summed E-state index contributed by atoms with van der Waals surface area (Å²) in [6, 6.07) is 23.0. The van der Waals surface area contributed by atoms with Gasteiger partial charge in [-0.15, -0.1) is 0 Å². The Morgan fingerprint density at radius 2 is 1.69 bits per heavy atom. The van der Waals surface area contributed by atoms with E-state index in [1.54, 1.807) is 4.90 Å². The van der Waals surface area contributed by atoms with Crippen LogP contribution in [0.2, 0.25) is 0 Å². The Morgan fingerprint density at radius 3 is 2.56 bits per heavy atom. The summed E-state index contributed by atoms with van der Waals surface area (Å²) >= 11 is 0. The molecule has 36 heavy (non-hydrogen) atoms. The zero-order chi connectivity index (χ0) is 24.6. The first kappa shape index (κ1) is 21.9. The van der Waals surface area contributed by atoms with E-state index in [1.807, 2.05) is 85.1 Å². The molecule has 180 valence electrons. The number of fused-ring (bicyclic) bond motifs is 2. The highest BCUT2D eigenvalue weighted by Crippen LogP contribution is 2.39. The van der Waals surface area contributed by atoms with Crippen molar-refractivity contribution in [1.29, 1.82) is 0 Å². The van der Waals surface area contributed by atoms with Crippen molar-refractivity contribution in [1.82, 2.24) is 15.2 Å². The number of hydrogen-bond acceptors (Lipinski definition) is 4. The van der Waals surface area contributed by atoms with Gasteiger partial charge in [-0.2, -0.15) is 0 Å². The number of H-pyrrole nitrogens is 1. The van der Waals surface area contributed by atoms with Crippen molar-refractivity contribution in [2.75, 3.05) is 18.1 Å². The van der Waals surface area contributed by atoms with Crippen molar-refractivity contribution in [3.8, 4) is 5.75 Å². The van der Waals surface area contributed by atoms with E-state index in [0.717, 1.165) is 26.9 Å². The fourth-order valence-corrected chi connectivity index (χ4v) is 5.01. The molecular weight excluding hydrogens is 456 g/mol. The van der Waals surface area contributed by atoms with Crippen LogP contribution in [0.4, 0.5) is 10.5 Å². The smallest absolute Gasteiger partial charge is 0.325 e.